The second-order valence-corrected chi connectivity index (χ2v) is 5.60. The second-order valence-electron chi connectivity index (χ2n) is 5.60. The zero-order valence-corrected chi connectivity index (χ0v) is 14.5. The van der Waals surface area contributed by atoms with Crippen LogP contribution in [0, 0.1) is 5.82 Å². The summed E-state index contributed by atoms with van der Waals surface area (Å²) < 4.78 is 24.1. The van der Waals surface area contributed by atoms with E-state index >= 15 is 0 Å². The van der Waals surface area contributed by atoms with Gasteiger partial charge in [-0.1, -0.05) is 24.3 Å². The van der Waals surface area contributed by atoms with Crippen LogP contribution in [-0.4, -0.2) is 31.2 Å². The Bertz CT molecular complexity index is 793. The highest BCUT2D eigenvalue weighted by Crippen LogP contribution is 2.31. The first-order chi connectivity index (χ1) is 12.4. The van der Waals surface area contributed by atoms with E-state index in [0.717, 1.165) is 0 Å². The van der Waals surface area contributed by atoms with Crippen LogP contribution in [0.3, 0.4) is 0 Å². The zero-order chi connectivity index (χ0) is 19.1. The largest absolute Gasteiger partial charge is 0.493 e. The zero-order valence-electron chi connectivity index (χ0n) is 14.5. The monoisotopic (exact) mass is 361 g/mol. The van der Waals surface area contributed by atoms with Gasteiger partial charge in [0.05, 0.1) is 33.1 Å². The Morgan fingerprint density at radius 1 is 1.12 bits per heavy atom. The molecule has 0 saturated heterocycles. The number of ether oxygens (including phenoxy) is 2. The molecular weight excluding hydrogens is 341 g/mol. The second kappa shape index (κ2) is 8.84. The van der Waals surface area contributed by atoms with Crippen LogP contribution in [0.25, 0.3) is 0 Å². The van der Waals surface area contributed by atoms with Crippen molar-refractivity contribution in [2.75, 3.05) is 14.2 Å². The molecule has 2 aromatic carbocycles. The lowest BCUT2D eigenvalue weighted by atomic mass is 10.0. The predicted molar refractivity (Wildman–Crippen MR) is 92.8 cm³/mol. The molecule has 2 N–H and O–H groups in total. The van der Waals surface area contributed by atoms with Gasteiger partial charge in [-0.25, -0.2) is 4.39 Å². The van der Waals surface area contributed by atoms with Crippen LogP contribution in [0.5, 0.6) is 11.5 Å². The molecule has 1 atom stereocenters. The fraction of sp³-hybridized carbons (Fsp3) is 0.263. The normalized spacial score (nSPS) is 11.5. The van der Waals surface area contributed by atoms with Crippen molar-refractivity contribution >= 4 is 11.9 Å². The number of rotatable bonds is 8. The third-order valence-corrected chi connectivity index (χ3v) is 3.83. The molecule has 0 aliphatic rings. The summed E-state index contributed by atoms with van der Waals surface area (Å²) >= 11 is 0. The van der Waals surface area contributed by atoms with Gasteiger partial charge in [-0.15, -0.1) is 0 Å². The SMILES string of the molecule is COc1ccc(C(CC(=O)O)NC(=O)Cc2ccccc2F)cc1OC. The van der Waals surface area contributed by atoms with Crippen molar-refractivity contribution in [3.05, 3.63) is 59.4 Å². The highest BCUT2D eigenvalue weighted by atomic mass is 19.1. The number of halogens is 1. The molecule has 7 heteroatoms. The van der Waals surface area contributed by atoms with E-state index in [1.165, 1.54) is 32.4 Å². The number of carbonyl (C=O) groups excluding carboxylic acids is 1. The van der Waals surface area contributed by atoms with E-state index in [2.05, 4.69) is 5.32 Å². The Balaban J connectivity index is 2.20. The number of hydrogen-bond acceptors (Lipinski definition) is 4. The standard InChI is InChI=1S/C19H20FNO5/c1-25-16-8-7-13(9-17(16)26-2)15(11-19(23)24)21-18(22)10-12-5-3-4-6-14(12)20/h3-9,15H,10-11H2,1-2H3,(H,21,22)(H,23,24). The van der Waals surface area contributed by atoms with Gasteiger partial charge < -0.3 is 19.9 Å². The summed E-state index contributed by atoms with van der Waals surface area (Å²) in [4.78, 5) is 23.5. The average molecular weight is 361 g/mol. The molecule has 0 heterocycles. The maximum Gasteiger partial charge on any atom is 0.305 e. The summed E-state index contributed by atoms with van der Waals surface area (Å²) in [5, 5.41) is 11.8. The molecule has 1 unspecified atom stereocenters. The average Bonchev–Trinajstić information content (AvgIpc) is 2.62. The van der Waals surface area contributed by atoms with Crippen molar-refractivity contribution in [1.29, 1.82) is 0 Å². The number of carboxylic acids is 1. The molecule has 0 fully saturated rings. The van der Waals surface area contributed by atoms with Gasteiger partial charge in [-0.05, 0) is 29.3 Å². The fourth-order valence-corrected chi connectivity index (χ4v) is 2.56. The minimum atomic E-state index is -1.07. The first-order valence-electron chi connectivity index (χ1n) is 7.91. The molecule has 0 bridgehead atoms. The van der Waals surface area contributed by atoms with Gasteiger partial charge >= 0.3 is 5.97 Å². The van der Waals surface area contributed by atoms with E-state index in [4.69, 9.17) is 14.6 Å². The first kappa shape index (κ1) is 19.2. The summed E-state index contributed by atoms with van der Waals surface area (Å²) in [5.41, 5.74) is 0.790. The molecule has 0 saturated carbocycles. The van der Waals surface area contributed by atoms with Gasteiger partial charge in [0.1, 0.15) is 5.82 Å². The smallest absolute Gasteiger partial charge is 0.305 e. The molecule has 0 aliphatic carbocycles. The molecule has 0 spiro atoms. The Morgan fingerprint density at radius 2 is 1.81 bits per heavy atom. The van der Waals surface area contributed by atoms with Crippen molar-refractivity contribution in [3.8, 4) is 11.5 Å². The lowest BCUT2D eigenvalue weighted by Gasteiger charge is -2.19. The Morgan fingerprint density at radius 3 is 2.42 bits per heavy atom. The molecular formula is C19H20FNO5. The van der Waals surface area contributed by atoms with Gasteiger partial charge in [-0.2, -0.15) is 0 Å². The topological polar surface area (TPSA) is 84.9 Å². The van der Waals surface area contributed by atoms with E-state index in [0.29, 0.717) is 17.1 Å². The summed E-state index contributed by atoms with van der Waals surface area (Å²) in [6.45, 7) is 0. The number of benzene rings is 2. The third kappa shape index (κ3) is 4.95. The number of carbonyl (C=O) groups is 2. The lowest BCUT2D eigenvalue weighted by molar-refractivity contribution is -0.137. The number of methoxy groups -OCH3 is 2. The fourth-order valence-electron chi connectivity index (χ4n) is 2.56. The van der Waals surface area contributed by atoms with Gasteiger partial charge in [-0.3, -0.25) is 9.59 Å². The van der Waals surface area contributed by atoms with Crippen molar-refractivity contribution < 1.29 is 28.6 Å². The molecule has 1 amide bonds. The van der Waals surface area contributed by atoms with Crippen LogP contribution >= 0.6 is 0 Å². The van der Waals surface area contributed by atoms with E-state index in [1.54, 1.807) is 24.3 Å². The molecule has 138 valence electrons. The lowest BCUT2D eigenvalue weighted by Crippen LogP contribution is -2.31. The van der Waals surface area contributed by atoms with Crippen LogP contribution < -0.4 is 14.8 Å². The van der Waals surface area contributed by atoms with Gasteiger partial charge in [0, 0.05) is 0 Å². The Kier molecular flexibility index (Phi) is 6.54. The molecule has 2 aromatic rings. The first-order valence-corrected chi connectivity index (χ1v) is 7.91. The molecule has 0 aliphatic heterocycles. The molecule has 0 aromatic heterocycles. The highest BCUT2D eigenvalue weighted by molar-refractivity contribution is 5.80. The van der Waals surface area contributed by atoms with Gasteiger partial charge in [0.15, 0.2) is 11.5 Å². The van der Waals surface area contributed by atoms with E-state index < -0.39 is 23.7 Å². The number of hydrogen-bond donors (Lipinski definition) is 2. The maximum absolute atomic E-state index is 13.7. The molecule has 6 nitrogen and oxygen atoms in total. The van der Waals surface area contributed by atoms with Crippen molar-refractivity contribution in [2.24, 2.45) is 0 Å². The minimum Gasteiger partial charge on any atom is -0.493 e. The van der Waals surface area contributed by atoms with E-state index in [9.17, 15) is 14.0 Å². The van der Waals surface area contributed by atoms with Crippen molar-refractivity contribution in [2.45, 2.75) is 18.9 Å². The van der Waals surface area contributed by atoms with Crippen LogP contribution in [0.15, 0.2) is 42.5 Å². The third-order valence-electron chi connectivity index (χ3n) is 3.83. The number of carboxylic acid groups (broad SMARTS) is 1. The van der Waals surface area contributed by atoms with Crippen LogP contribution in [0.4, 0.5) is 4.39 Å². The summed E-state index contributed by atoms with van der Waals surface area (Å²) in [6.07, 6.45) is -0.505. The van der Waals surface area contributed by atoms with Gasteiger partial charge in [0.25, 0.3) is 0 Å². The maximum atomic E-state index is 13.7. The van der Waals surface area contributed by atoms with Gasteiger partial charge in [0.2, 0.25) is 5.91 Å². The predicted octanol–water partition coefficient (Wildman–Crippen LogP) is 2.72. The van der Waals surface area contributed by atoms with Crippen LogP contribution in [0.2, 0.25) is 0 Å². The summed E-state index contributed by atoms with van der Waals surface area (Å²) in [6, 6.07) is 10.1. The Labute approximate surface area is 150 Å². The number of aliphatic carboxylic acids is 1. The molecule has 26 heavy (non-hydrogen) atoms. The van der Waals surface area contributed by atoms with Crippen LogP contribution in [0.1, 0.15) is 23.6 Å². The molecule has 2 rings (SSSR count). The van der Waals surface area contributed by atoms with Crippen molar-refractivity contribution in [1.82, 2.24) is 5.32 Å². The van der Waals surface area contributed by atoms with Crippen molar-refractivity contribution in [3.63, 3.8) is 0 Å². The number of nitrogens with one attached hydrogen (secondary N) is 1. The van der Waals surface area contributed by atoms with Crippen LogP contribution in [-0.2, 0) is 16.0 Å². The summed E-state index contributed by atoms with van der Waals surface area (Å²) in [5.74, 6) is -1.12. The highest BCUT2D eigenvalue weighted by Gasteiger charge is 2.20. The van der Waals surface area contributed by atoms with E-state index in [-0.39, 0.29) is 18.4 Å². The minimum absolute atomic E-state index is 0.184. The molecule has 0 radical (unpaired) electrons. The number of amides is 1. The Hall–Kier alpha value is -3.09. The van der Waals surface area contributed by atoms with E-state index in [1.807, 2.05) is 0 Å². The summed E-state index contributed by atoms with van der Waals surface area (Å²) in [7, 11) is 2.95. The quantitative estimate of drug-likeness (QED) is 0.755.